The molecule has 0 bridgehead atoms. The number of nitrogens with two attached hydrogens (primary N) is 1. The molecule has 0 aliphatic carbocycles. The molecule has 2 unspecified atom stereocenters. The summed E-state index contributed by atoms with van der Waals surface area (Å²) in [6.07, 6.45) is 3.79. The number of thioether (sulfide) groups is 1. The average molecular weight is 286 g/mol. The molecule has 0 radical (unpaired) electrons. The van der Waals surface area contributed by atoms with E-state index in [1.54, 1.807) is 0 Å². The number of hydrogen-bond acceptors (Lipinski definition) is 3. The largest absolute Gasteiger partial charge is 0.342 e. The smallest absolute Gasteiger partial charge is 0.222 e. The Hall–Kier alpha value is -0.220. The first-order chi connectivity index (χ1) is 8.86. The van der Waals surface area contributed by atoms with Crippen molar-refractivity contribution < 1.29 is 4.79 Å². The van der Waals surface area contributed by atoms with Gasteiger partial charge in [-0.25, -0.2) is 0 Å². The number of carbonyl (C=O) groups excluding carboxylic acids is 1. The molecule has 1 rings (SSSR count). The van der Waals surface area contributed by atoms with Crippen molar-refractivity contribution in [2.24, 2.45) is 17.1 Å². The van der Waals surface area contributed by atoms with Gasteiger partial charge in [0, 0.05) is 25.3 Å². The zero-order chi connectivity index (χ0) is 14.5. The summed E-state index contributed by atoms with van der Waals surface area (Å²) in [4.78, 5) is 14.2. The summed E-state index contributed by atoms with van der Waals surface area (Å²) in [5, 5.41) is 0. The second kappa shape index (κ2) is 7.53. The SMILES string of the molecule is CN(C(=O)CCC(CCN)C(C)(C)C)C1CCSC1. The van der Waals surface area contributed by atoms with Crippen LogP contribution in [0, 0.1) is 11.3 Å². The molecule has 1 aliphatic rings. The Morgan fingerprint density at radius 1 is 1.42 bits per heavy atom. The lowest BCUT2D eigenvalue weighted by Crippen LogP contribution is -2.37. The molecule has 0 spiro atoms. The molecule has 2 atom stereocenters. The van der Waals surface area contributed by atoms with Gasteiger partial charge in [-0.2, -0.15) is 11.8 Å². The van der Waals surface area contributed by atoms with E-state index in [1.165, 1.54) is 5.75 Å². The van der Waals surface area contributed by atoms with Crippen LogP contribution in [0.5, 0.6) is 0 Å². The average Bonchev–Trinajstić information content (AvgIpc) is 2.85. The van der Waals surface area contributed by atoms with E-state index in [9.17, 15) is 4.79 Å². The highest BCUT2D eigenvalue weighted by atomic mass is 32.2. The predicted molar refractivity (Wildman–Crippen MR) is 84.4 cm³/mol. The number of hydrogen-bond donors (Lipinski definition) is 1. The molecule has 0 aromatic carbocycles. The highest BCUT2D eigenvalue weighted by Crippen LogP contribution is 2.32. The van der Waals surface area contributed by atoms with Crippen LogP contribution >= 0.6 is 11.8 Å². The van der Waals surface area contributed by atoms with Gasteiger partial charge >= 0.3 is 0 Å². The van der Waals surface area contributed by atoms with E-state index >= 15 is 0 Å². The van der Waals surface area contributed by atoms with Crippen LogP contribution in [0.2, 0.25) is 0 Å². The summed E-state index contributed by atoms with van der Waals surface area (Å²) in [6.45, 7) is 7.45. The van der Waals surface area contributed by atoms with Gasteiger partial charge in [0.15, 0.2) is 0 Å². The van der Waals surface area contributed by atoms with E-state index < -0.39 is 0 Å². The van der Waals surface area contributed by atoms with E-state index in [-0.39, 0.29) is 5.41 Å². The summed E-state index contributed by atoms with van der Waals surface area (Å²) in [7, 11) is 1.97. The lowest BCUT2D eigenvalue weighted by Gasteiger charge is -2.31. The second-order valence-electron chi connectivity index (χ2n) is 6.70. The van der Waals surface area contributed by atoms with Crippen LogP contribution < -0.4 is 5.73 Å². The molecule has 112 valence electrons. The molecule has 3 nitrogen and oxygen atoms in total. The van der Waals surface area contributed by atoms with Crippen molar-refractivity contribution in [3.63, 3.8) is 0 Å². The molecular formula is C15H30N2OS. The van der Waals surface area contributed by atoms with E-state index in [1.807, 2.05) is 23.7 Å². The minimum atomic E-state index is 0.238. The fraction of sp³-hybridized carbons (Fsp3) is 0.933. The van der Waals surface area contributed by atoms with Gasteiger partial charge < -0.3 is 10.6 Å². The maximum atomic E-state index is 12.3. The number of carbonyl (C=O) groups is 1. The normalized spacial score (nSPS) is 21.4. The molecule has 1 amide bonds. The maximum Gasteiger partial charge on any atom is 0.222 e. The number of nitrogens with zero attached hydrogens (tertiary/aromatic N) is 1. The van der Waals surface area contributed by atoms with Gasteiger partial charge in [0.2, 0.25) is 5.91 Å². The van der Waals surface area contributed by atoms with Crippen molar-refractivity contribution in [1.82, 2.24) is 4.90 Å². The zero-order valence-corrected chi connectivity index (χ0v) is 13.8. The number of amides is 1. The Bertz CT molecular complexity index is 282. The van der Waals surface area contributed by atoms with Crippen LogP contribution in [0.15, 0.2) is 0 Å². The monoisotopic (exact) mass is 286 g/mol. The van der Waals surface area contributed by atoms with Crippen LogP contribution in [0.25, 0.3) is 0 Å². The zero-order valence-electron chi connectivity index (χ0n) is 12.9. The molecule has 1 heterocycles. The molecule has 0 aromatic rings. The Morgan fingerprint density at radius 3 is 2.58 bits per heavy atom. The molecule has 1 fully saturated rings. The summed E-state index contributed by atoms with van der Waals surface area (Å²) in [5.41, 5.74) is 5.93. The Kier molecular flexibility index (Phi) is 6.67. The van der Waals surface area contributed by atoms with Crippen molar-refractivity contribution >= 4 is 17.7 Å². The van der Waals surface area contributed by atoms with Gasteiger partial charge in [-0.15, -0.1) is 0 Å². The first kappa shape index (κ1) is 16.8. The first-order valence-electron chi connectivity index (χ1n) is 7.39. The van der Waals surface area contributed by atoms with Crippen LogP contribution in [-0.2, 0) is 4.79 Å². The maximum absolute atomic E-state index is 12.3. The molecular weight excluding hydrogens is 256 g/mol. The van der Waals surface area contributed by atoms with Crippen molar-refractivity contribution in [1.29, 1.82) is 0 Å². The van der Waals surface area contributed by atoms with Crippen LogP contribution in [0.1, 0.15) is 46.5 Å². The quantitative estimate of drug-likeness (QED) is 0.816. The Labute approximate surface area is 122 Å². The van der Waals surface area contributed by atoms with E-state index in [0.717, 1.165) is 25.0 Å². The third-order valence-corrected chi connectivity index (χ3v) is 5.44. The van der Waals surface area contributed by atoms with Crippen LogP contribution in [0.3, 0.4) is 0 Å². The Balaban J connectivity index is 2.42. The fourth-order valence-corrected chi connectivity index (χ4v) is 3.98. The molecule has 1 saturated heterocycles. The van der Waals surface area contributed by atoms with Gasteiger partial charge in [0.05, 0.1) is 0 Å². The molecule has 19 heavy (non-hydrogen) atoms. The van der Waals surface area contributed by atoms with E-state index in [4.69, 9.17) is 5.73 Å². The molecule has 4 heteroatoms. The lowest BCUT2D eigenvalue weighted by atomic mass is 9.76. The number of rotatable bonds is 6. The first-order valence-corrected chi connectivity index (χ1v) is 8.55. The van der Waals surface area contributed by atoms with Crippen molar-refractivity contribution in [2.75, 3.05) is 25.1 Å². The topological polar surface area (TPSA) is 46.3 Å². The highest BCUT2D eigenvalue weighted by Gasteiger charge is 2.27. The van der Waals surface area contributed by atoms with Gasteiger partial charge in [-0.3, -0.25) is 4.79 Å². The van der Waals surface area contributed by atoms with Gasteiger partial charge in [0.25, 0.3) is 0 Å². The van der Waals surface area contributed by atoms with E-state index in [0.29, 0.717) is 30.8 Å². The molecule has 0 saturated carbocycles. The standard InChI is InChI=1S/C15H30N2OS/c1-15(2,3)12(7-9-16)5-6-14(18)17(4)13-8-10-19-11-13/h12-13H,5-11,16H2,1-4H3. The molecule has 1 aliphatic heterocycles. The lowest BCUT2D eigenvalue weighted by molar-refractivity contribution is -0.132. The minimum absolute atomic E-state index is 0.238. The Morgan fingerprint density at radius 2 is 2.11 bits per heavy atom. The third-order valence-electron chi connectivity index (χ3n) is 4.29. The highest BCUT2D eigenvalue weighted by molar-refractivity contribution is 7.99. The van der Waals surface area contributed by atoms with Crippen LogP contribution in [0.4, 0.5) is 0 Å². The third kappa shape index (κ3) is 5.35. The van der Waals surface area contributed by atoms with Gasteiger partial charge in [0.1, 0.15) is 0 Å². The fourth-order valence-electron chi connectivity index (χ4n) is 2.72. The van der Waals surface area contributed by atoms with Crippen LogP contribution in [-0.4, -0.2) is 41.9 Å². The van der Waals surface area contributed by atoms with Gasteiger partial charge in [-0.05, 0) is 42.9 Å². The summed E-state index contributed by atoms with van der Waals surface area (Å²) in [5.74, 6) is 3.14. The van der Waals surface area contributed by atoms with Gasteiger partial charge in [-0.1, -0.05) is 20.8 Å². The minimum Gasteiger partial charge on any atom is -0.342 e. The molecule has 0 aromatic heterocycles. The summed E-state index contributed by atoms with van der Waals surface area (Å²) < 4.78 is 0. The molecule has 2 N–H and O–H groups in total. The summed E-state index contributed by atoms with van der Waals surface area (Å²) in [6, 6.07) is 0.458. The predicted octanol–water partition coefficient (Wildman–Crippen LogP) is 2.74. The summed E-state index contributed by atoms with van der Waals surface area (Å²) >= 11 is 1.95. The van der Waals surface area contributed by atoms with Crippen molar-refractivity contribution in [3.05, 3.63) is 0 Å². The van der Waals surface area contributed by atoms with Crippen molar-refractivity contribution in [3.8, 4) is 0 Å². The second-order valence-corrected chi connectivity index (χ2v) is 7.85. The van der Waals surface area contributed by atoms with E-state index in [2.05, 4.69) is 20.8 Å². The van der Waals surface area contributed by atoms with Crippen molar-refractivity contribution in [2.45, 2.75) is 52.5 Å².